The standard InChI is InChI=1S/C9H10N2O2/c1-6(2)8(12)11-7-4-3-5-10-9(7)13/h3-5H,1H2,2H3,(H,10,13)(H,11,12). The number of hydrogen-bond donors (Lipinski definition) is 2. The number of rotatable bonds is 2. The van der Waals surface area contributed by atoms with Crippen LogP contribution in [-0.2, 0) is 4.79 Å². The molecule has 0 radical (unpaired) electrons. The number of H-pyrrole nitrogens is 1. The molecule has 0 atom stereocenters. The summed E-state index contributed by atoms with van der Waals surface area (Å²) in [7, 11) is 0. The molecule has 13 heavy (non-hydrogen) atoms. The number of nitrogens with one attached hydrogen (secondary N) is 2. The molecule has 0 fully saturated rings. The van der Waals surface area contributed by atoms with Crippen molar-refractivity contribution in [1.82, 2.24) is 4.98 Å². The molecule has 1 amide bonds. The highest BCUT2D eigenvalue weighted by molar-refractivity contribution is 6.02. The van der Waals surface area contributed by atoms with Crippen molar-refractivity contribution in [2.24, 2.45) is 0 Å². The van der Waals surface area contributed by atoms with Gasteiger partial charge in [0, 0.05) is 11.8 Å². The third-order valence-corrected chi connectivity index (χ3v) is 1.45. The molecule has 68 valence electrons. The van der Waals surface area contributed by atoms with Crippen LogP contribution in [0.1, 0.15) is 6.92 Å². The third kappa shape index (κ3) is 2.30. The summed E-state index contributed by atoms with van der Waals surface area (Å²) in [5.74, 6) is -0.350. The molecule has 0 saturated heterocycles. The molecule has 2 N–H and O–H groups in total. The van der Waals surface area contributed by atoms with Gasteiger partial charge in [0.15, 0.2) is 0 Å². The first-order chi connectivity index (χ1) is 6.11. The monoisotopic (exact) mass is 178 g/mol. The molecule has 0 aliphatic carbocycles. The van der Waals surface area contributed by atoms with E-state index in [1.54, 1.807) is 13.0 Å². The van der Waals surface area contributed by atoms with Crippen molar-refractivity contribution in [3.05, 3.63) is 40.8 Å². The largest absolute Gasteiger partial charge is 0.327 e. The second-order valence-corrected chi connectivity index (χ2v) is 2.65. The first-order valence-electron chi connectivity index (χ1n) is 3.76. The summed E-state index contributed by atoms with van der Waals surface area (Å²) in [5, 5.41) is 2.43. The summed E-state index contributed by atoms with van der Waals surface area (Å²) >= 11 is 0. The van der Waals surface area contributed by atoms with Gasteiger partial charge in [0.1, 0.15) is 5.69 Å². The van der Waals surface area contributed by atoms with E-state index in [-0.39, 0.29) is 17.2 Å². The van der Waals surface area contributed by atoms with E-state index in [2.05, 4.69) is 16.9 Å². The lowest BCUT2D eigenvalue weighted by atomic mass is 10.3. The zero-order valence-corrected chi connectivity index (χ0v) is 7.26. The molecule has 4 nitrogen and oxygen atoms in total. The van der Waals surface area contributed by atoms with Crippen molar-refractivity contribution in [2.75, 3.05) is 5.32 Å². The number of aromatic nitrogens is 1. The average molecular weight is 178 g/mol. The Hall–Kier alpha value is -1.84. The maximum Gasteiger partial charge on any atom is 0.271 e. The molecule has 0 spiro atoms. The highest BCUT2D eigenvalue weighted by atomic mass is 16.2. The highest BCUT2D eigenvalue weighted by Crippen LogP contribution is 1.98. The predicted octanol–water partition coefficient (Wildman–Crippen LogP) is 0.889. The maximum atomic E-state index is 11.1. The van der Waals surface area contributed by atoms with Crippen LogP contribution in [0, 0.1) is 0 Å². The van der Waals surface area contributed by atoms with E-state index < -0.39 is 0 Å². The van der Waals surface area contributed by atoms with Crippen molar-refractivity contribution in [3.8, 4) is 0 Å². The molecule has 0 aromatic carbocycles. The van der Waals surface area contributed by atoms with Crippen LogP contribution in [0.3, 0.4) is 0 Å². The number of aromatic amines is 1. The van der Waals surface area contributed by atoms with E-state index in [0.29, 0.717) is 5.57 Å². The Balaban J connectivity index is 2.87. The van der Waals surface area contributed by atoms with Crippen molar-refractivity contribution >= 4 is 11.6 Å². The van der Waals surface area contributed by atoms with E-state index in [9.17, 15) is 9.59 Å². The SMILES string of the molecule is C=C(C)C(=O)Nc1ccc[nH]c1=O. The van der Waals surface area contributed by atoms with Gasteiger partial charge in [-0.1, -0.05) is 6.58 Å². The second kappa shape index (κ2) is 3.71. The van der Waals surface area contributed by atoms with Crippen molar-refractivity contribution in [2.45, 2.75) is 6.92 Å². The van der Waals surface area contributed by atoms with Crippen molar-refractivity contribution < 1.29 is 4.79 Å². The minimum Gasteiger partial charge on any atom is -0.327 e. The van der Waals surface area contributed by atoms with Crippen LogP contribution in [0.5, 0.6) is 0 Å². The molecule has 0 aliphatic heterocycles. The van der Waals surface area contributed by atoms with Gasteiger partial charge in [-0.25, -0.2) is 0 Å². The summed E-state index contributed by atoms with van der Waals surface area (Å²) < 4.78 is 0. The van der Waals surface area contributed by atoms with Gasteiger partial charge in [-0.2, -0.15) is 0 Å². The fraction of sp³-hybridized carbons (Fsp3) is 0.111. The topological polar surface area (TPSA) is 62.0 Å². The van der Waals surface area contributed by atoms with Crippen LogP contribution in [0.2, 0.25) is 0 Å². The smallest absolute Gasteiger partial charge is 0.271 e. The molecule has 0 aliphatic rings. The normalized spacial score (nSPS) is 9.31. The molecule has 0 unspecified atom stereocenters. The van der Waals surface area contributed by atoms with E-state index in [4.69, 9.17) is 0 Å². The average Bonchev–Trinajstić information content (AvgIpc) is 2.08. The van der Waals surface area contributed by atoms with Crippen LogP contribution in [0.15, 0.2) is 35.3 Å². The highest BCUT2D eigenvalue weighted by Gasteiger charge is 2.04. The quantitative estimate of drug-likeness (QED) is 0.660. The molecule has 0 saturated carbocycles. The lowest BCUT2D eigenvalue weighted by Crippen LogP contribution is -2.19. The van der Waals surface area contributed by atoms with Crippen LogP contribution >= 0.6 is 0 Å². The van der Waals surface area contributed by atoms with Gasteiger partial charge in [0.2, 0.25) is 0 Å². The van der Waals surface area contributed by atoms with Crippen molar-refractivity contribution in [1.29, 1.82) is 0 Å². The molecule has 1 rings (SSSR count). The number of hydrogen-bond acceptors (Lipinski definition) is 2. The first-order valence-corrected chi connectivity index (χ1v) is 3.76. The summed E-state index contributed by atoms with van der Waals surface area (Å²) in [4.78, 5) is 24.6. The van der Waals surface area contributed by atoms with Gasteiger partial charge in [-0.3, -0.25) is 9.59 Å². The molecular weight excluding hydrogens is 168 g/mol. The molecule has 1 heterocycles. The Morgan fingerprint density at radius 2 is 2.31 bits per heavy atom. The fourth-order valence-electron chi connectivity index (χ4n) is 0.749. The van der Waals surface area contributed by atoms with E-state index in [0.717, 1.165) is 0 Å². The zero-order chi connectivity index (χ0) is 9.84. The number of amides is 1. The Bertz CT molecular complexity index is 393. The zero-order valence-electron chi connectivity index (χ0n) is 7.26. The summed E-state index contributed by atoms with van der Waals surface area (Å²) in [6.07, 6.45) is 1.50. The maximum absolute atomic E-state index is 11.1. The second-order valence-electron chi connectivity index (χ2n) is 2.65. The van der Waals surface area contributed by atoms with E-state index >= 15 is 0 Å². The number of anilines is 1. The van der Waals surface area contributed by atoms with Crippen LogP contribution in [0.4, 0.5) is 5.69 Å². The fourth-order valence-corrected chi connectivity index (χ4v) is 0.749. The number of pyridine rings is 1. The molecule has 4 heteroatoms. The van der Waals surface area contributed by atoms with Gasteiger partial charge in [0.25, 0.3) is 11.5 Å². The lowest BCUT2D eigenvalue weighted by molar-refractivity contribution is -0.112. The summed E-state index contributed by atoms with van der Waals surface area (Å²) in [5.41, 5.74) is 0.274. The summed E-state index contributed by atoms with van der Waals surface area (Å²) in [6.45, 7) is 5.03. The lowest BCUT2D eigenvalue weighted by Gasteiger charge is -2.01. The van der Waals surface area contributed by atoms with Crippen LogP contribution in [-0.4, -0.2) is 10.9 Å². The van der Waals surface area contributed by atoms with Gasteiger partial charge < -0.3 is 10.3 Å². The van der Waals surface area contributed by atoms with Gasteiger partial charge in [0.05, 0.1) is 0 Å². The van der Waals surface area contributed by atoms with Crippen molar-refractivity contribution in [3.63, 3.8) is 0 Å². The Kier molecular flexibility index (Phi) is 2.64. The minimum absolute atomic E-state index is 0.232. The van der Waals surface area contributed by atoms with Crippen LogP contribution < -0.4 is 10.9 Å². The van der Waals surface area contributed by atoms with E-state index in [1.807, 2.05) is 0 Å². The van der Waals surface area contributed by atoms with E-state index in [1.165, 1.54) is 12.3 Å². The molecular formula is C9H10N2O2. The third-order valence-electron chi connectivity index (χ3n) is 1.45. The van der Waals surface area contributed by atoms with Gasteiger partial charge >= 0.3 is 0 Å². The first kappa shape index (κ1) is 9.25. The Morgan fingerprint density at radius 1 is 1.62 bits per heavy atom. The Labute approximate surface area is 75.3 Å². The van der Waals surface area contributed by atoms with Gasteiger partial charge in [-0.05, 0) is 19.1 Å². The summed E-state index contributed by atoms with van der Waals surface area (Å²) in [6, 6.07) is 3.16. The molecule has 1 aromatic heterocycles. The number of carbonyl (C=O) groups is 1. The minimum atomic E-state index is -0.350. The predicted molar refractivity (Wildman–Crippen MR) is 50.5 cm³/mol. The van der Waals surface area contributed by atoms with Crippen LogP contribution in [0.25, 0.3) is 0 Å². The number of carbonyl (C=O) groups excluding carboxylic acids is 1. The Morgan fingerprint density at radius 3 is 2.85 bits per heavy atom. The molecule has 0 bridgehead atoms. The van der Waals surface area contributed by atoms with Gasteiger partial charge in [-0.15, -0.1) is 0 Å². The molecule has 1 aromatic rings.